The highest BCUT2D eigenvalue weighted by atomic mass is 32.2. The fourth-order valence-electron chi connectivity index (χ4n) is 2.48. The molecule has 6 heteroatoms. The van der Waals surface area contributed by atoms with Gasteiger partial charge in [-0.15, -0.1) is 17.9 Å². The summed E-state index contributed by atoms with van der Waals surface area (Å²) in [5.41, 5.74) is 2.97. The number of rotatable bonds is 6. The van der Waals surface area contributed by atoms with Gasteiger partial charge in [0.25, 0.3) is 5.56 Å². The highest BCUT2D eigenvalue weighted by Crippen LogP contribution is 2.32. The lowest BCUT2D eigenvalue weighted by Crippen LogP contribution is -2.22. The first-order valence-corrected chi connectivity index (χ1v) is 9.41. The third kappa shape index (κ3) is 3.16. The molecule has 3 nitrogen and oxygen atoms in total. The van der Waals surface area contributed by atoms with Crippen molar-refractivity contribution in [1.29, 1.82) is 0 Å². The van der Waals surface area contributed by atoms with Crippen LogP contribution < -0.4 is 5.56 Å². The maximum atomic E-state index is 13.0. The topological polar surface area (TPSA) is 34.9 Å². The number of hydrogen-bond acceptors (Lipinski definition) is 4. The van der Waals surface area contributed by atoms with E-state index in [1.165, 1.54) is 28.7 Å². The van der Waals surface area contributed by atoms with Crippen LogP contribution >= 0.6 is 23.1 Å². The molecule has 0 N–H and O–H groups in total. The van der Waals surface area contributed by atoms with E-state index in [2.05, 4.69) is 11.6 Å². The molecule has 124 valence electrons. The number of thiophene rings is 1. The molecule has 0 saturated carbocycles. The summed E-state index contributed by atoms with van der Waals surface area (Å²) in [6, 6.07) is 8.08. The van der Waals surface area contributed by atoms with Crippen LogP contribution in [0.15, 0.2) is 52.3 Å². The number of thioether (sulfide) groups is 1. The molecule has 0 amide bonds. The Bertz CT molecular complexity index is 929. The Labute approximate surface area is 147 Å². The van der Waals surface area contributed by atoms with Crippen LogP contribution in [0.4, 0.5) is 4.39 Å². The third-order valence-corrected chi connectivity index (χ3v) is 5.44. The van der Waals surface area contributed by atoms with Crippen LogP contribution in [0.3, 0.4) is 0 Å². The molecule has 0 aliphatic rings. The fraction of sp³-hybridized carbons (Fsp3) is 0.222. The van der Waals surface area contributed by atoms with Gasteiger partial charge in [0.15, 0.2) is 5.16 Å². The van der Waals surface area contributed by atoms with Gasteiger partial charge in [-0.3, -0.25) is 13.8 Å². The van der Waals surface area contributed by atoms with E-state index in [-0.39, 0.29) is 11.3 Å². The lowest BCUT2D eigenvalue weighted by molar-refractivity contribution is 0.532. The maximum Gasteiger partial charge on any atom is 0.263 e. The van der Waals surface area contributed by atoms with Gasteiger partial charge in [-0.1, -0.05) is 47.7 Å². The van der Waals surface area contributed by atoms with Crippen molar-refractivity contribution >= 4 is 33.3 Å². The van der Waals surface area contributed by atoms with Crippen molar-refractivity contribution in [1.82, 2.24) is 9.55 Å². The summed E-state index contributed by atoms with van der Waals surface area (Å²) >= 11 is 2.70. The van der Waals surface area contributed by atoms with Gasteiger partial charge in [0.2, 0.25) is 0 Å². The molecule has 2 heterocycles. The summed E-state index contributed by atoms with van der Waals surface area (Å²) in [4.78, 5) is 18.3. The van der Waals surface area contributed by atoms with Crippen molar-refractivity contribution in [2.24, 2.45) is 0 Å². The molecule has 0 atom stereocenters. The molecule has 0 saturated heterocycles. The van der Waals surface area contributed by atoms with Gasteiger partial charge in [0.05, 0.1) is 12.1 Å². The zero-order valence-electron chi connectivity index (χ0n) is 13.3. The van der Waals surface area contributed by atoms with E-state index in [1.807, 2.05) is 36.6 Å². The minimum Gasteiger partial charge on any atom is -0.283 e. The SMILES string of the molecule is C=CCn1c(SCCF)nc2scc(-c3ccc(C)cc3)c2c1=O. The Hall–Kier alpha value is -1.92. The van der Waals surface area contributed by atoms with Crippen LogP contribution in [0.5, 0.6) is 0 Å². The van der Waals surface area contributed by atoms with Crippen molar-refractivity contribution in [2.45, 2.75) is 18.6 Å². The molecule has 0 unspecified atom stereocenters. The number of nitrogens with zero attached hydrogens (tertiary/aromatic N) is 2. The van der Waals surface area contributed by atoms with Crippen LogP contribution in [-0.2, 0) is 6.54 Å². The normalized spacial score (nSPS) is 11.1. The Morgan fingerprint density at radius 2 is 2.12 bits per heavy atom. The van der Waals surface area contributed by atoms with Crippen LogP contribution in [0.2, 0.25) is 0 Å². The molecule has 0 fully saturated rings. The second kappa shape index (κ2) is 7.32. The number of alkyl halides is 1. The van der Waals surface area contributed by atoms with Crippen molar-refractivity contribution in [3.05, 3.63) is 58.2 Å². The molecule has 0 radical (unpaired) electrons. The van der Waals surface area contributed by atoms with E-state index in [1.54, 1.807) is 10.6 Å². The summed E-state index contributed by atoms with van der Waals surface area (Å²) in [6.07, 6.45) is 1.66. The quantitative estimate of drug-likeness (QED) is 0.364. The minimum absolute atomic E-state index is 0.0990. The summed E-state index contributed by atoms with van der Waals surface area (Å²) < 4.78 is 14.1. The zero-order chi connectivity index (χ0) is 17.1. The van der Waals surface area contributed by atoms with Crippen LogP contribution in [0.1, 0.15) is 5.56 Å². The average Bonchev–Trinajstić information content (AvgIpc) is 3.00. The van der Waals surface area contributed by atoms with Crippen molar-refractivity contribution in [2.75, 3.05) is 12.4 Å². The first kappa shape index (κ1) is 16.9. The number of fused-ring (bicyclic) bond motifs is 1. The van der Waals surface area contributed by atoms with Gasteiger partial charge in [-0.05, 0) is 12.5 Å². The van der Waals surface area contributed by atoms with Crippen LogP contribution in [0, 0.1) is 6.92 Å². The molecule has 1 aromatic carbocycles. The summed E-state index contributed by atoms with van der Waals surface area (Å²) in [7, 11) is 0. The zero-order valence-corrected chi connectivity index (χ0v) is 14.9. The van der Waals surface area contributed by atoms with Gasteiger partial charge in [0, 0.05) is 23.2 Å². The van der Waals surface area contributed by atoms with Crippen molar-refractivity contribution in [3.63, 3.8) is 0 Å². The number of aromatic nitrogens is 2. The van der Waals surface area contributed by atoms with E-state index in [4.69, 9.17) is 0 Å². The first-order chi connectivity index (χ1) is 11.7. The molecule has 0 bridgehead atoms. The van der Waals surface area contributed by atoms with Crippen LogP contribution in [-0.4, -0.2) is 22.0 Å². The smallest absolute Gasteiger partial charge is 0.263 e. The van der Waals surface area contributed by atoms with Crippen LogP contribution in [0.25, 0.3) is 21.3 Å². The molecule has 3 rings (SSSR count). The minimum atomic E-state index is -0.453. The van der Waals surface area contributed by atoms with Gasteiger partial charge in [0.1, 0.15) is 4.83 Å². The average molecular weight is 360 g/mol. The van der Waals surface area contributed by atoms with Gasteiger partial charge in [-0.2, -0.15) is 0 Å². The largest absolute Gasteiger partial charge is 0.283 e. The molecule has 3 aromatic rings. The predicted octanol–water partition coefficient (Wildman–Crippen LogP) is 4.68. The van der Waals surface area contributed by atoms with Gasteiger partial charge < -0.3 is 0 Å². The fourth-order valence-corrected chi connectivity index (χ4v) is 4.21. The number of allylic oxidation sites excluding steroid dienone is 1. The summed E-state index contributed by atoms with van der Waals surface area (Å²) in [5.74, 6) is 0.283. The molecular weight excluding hydrogens is 343 g/mol. The van der Waals surface area contributed by atoms with E-state index >= 15 is 0 Å². The van der Waals surface area contributed by atoms with E-state index < -0.39 is 6.67 Å². The predicted molar refractivity (Wildman–Crippen MR) is 101 cm³/mol. The summed E-state index contributed by atoms with van der Waals surface area (Å²) in [5, 5.41) is 3.13. The monoisotopic (exact) mass is 360 g/mol. The number of aryl methyl sites for hydroxylation is 1. The third-order valence-electron chi connectivity index (χ3n) is 3.64. The number of benzene rings is 1. The Balaban J connectivity index is 2.21. The highest BCUT2D eigenvalue weighted by Gasteiger charge is 2.16. The molecule has 0 spiro atoms. The van der Waals surface area contributed by atoms with Crippen molar-refractivity contribution < 1.29 is 4.39 Å². The van der Waals surface area contributed by atoms with Gasteiger partial charge in [-0.25, -0.2) is 4.98 Å². The molecular formula is C18H17FN2OS2. The van der Waals surface area contributed by atoms with E-state index in [0.29, 0.717) is 21.9 Å². The van der Waals surface area contributed by atoms with Crippen molar-refractivity contribution in [3.8, 4) is 11.1 Å². The molecule has 0 aliphatic carbocycles. The Morgan fingerprint density at radius 1 is 1.38 bits per heavy atom. The Kier molecular flexibility index (Phi) is 5.16. The Morgan fingerprint density at radius 3 is 2.79 bits per heavy atom. The second-order valence-electron chi connectivity index (χ2n) is 5.33. The lowest BCUT2D eigenvalue weighted by atomic mass is 10.1. The van der Waals surface area contributed by atoms with E-state index in [9.17, 15) is 9.18 Å². The standard InChI is InChI=1S/C18H17FN2OS2/c1-3-9-21-17(22)15-14(13-6-4-12(2)5-7-13)11-24-16(15)20-18(21)23-10-8-19/h3-7,11H,1,8-10H2,2H3. The molecule has 24 heavy (non-hydrogen) atoms. The lowest BCUT2D eigenvalue weighted by Gasteiger charge is -2.10. The molecule has 0 aliphatic heterocycles. The highest BCUT2D eigenvalue weighted by molar-refractivity contribution is 7.99. The van der Waals surface area contributed by atoms with Gasteiger partial charge >= 0.3 is 0 Å². The maximum absolute atomic E-state index is 13.0. The number of halogens is 1. The summed E-state index contributed by atoms with van der Waals surface area (Å²) in [6.45, 7) is 5.65. The van der Waals surface area contributed by atoms with E-state index in [0.717, 1.165) is 11.1 Å². The first-order valence-electron chi connectivity index (χ1n) is 7.54. The number of hydrogen-bond donors (Lipinski definition) is 0. The molecule has 2 aromatic heterocycles. The second-order valence-corrected chi connectivity index (χ2v) is 7.25.